The average Bonchev–Trinajstić information content (AvgIpc) is 2.61. The van der Waals surface area contributed by atoms with Gasteiger partial charge in [0.15, 0.2) is 12.1 Å². The molecule has 98 valence electrons. The summed E-state index contributed by atoms with van der Waals surface area (Å²) in [6.45, 7) is 10.8. The van der Waals surface area contributed by atoms with Crippen LogP contribution in [-0.4, -0.2) is 37.5 Å². The minimum absolute atomic E-state index is 0.0681. The summed E-state index contributed by atoms with van der Waals surface area (Å²) in [7, 11) is 0. The van der Waals surface area contributed by atoms with E-state index < -0.39 is 5.79 Å². The van der Waals surface area contributed by atoms with Crippen LogP contribution in [0.5, 0.6) is 0 Å². The Morgan fingerprint density at radius 1 is 1.35 bits per heavy atom. The predicted octanol–water partition coefficient (Wildman–Crippen LogP) is 2.09. The fraction of sp³-hybridized carbons (Fsp3) is 0.846. The fourth-order valence-corrected chi connectivity index (χ4v) is 2.46. The molecule has 2 heterocycles. The first-order valence-electron chi connectivity index (χ1n) is 6.27. The number of fused-ring (bicyclic) bond motifs is 1. The highest BCUT2D eigenvalue weighted by atomic mass is 16.8. The first-order chi connectivity index (χ1) is 8.07. The molecule has 2 aliphatic heterocycles. The van der Waals surface area contributed by atoms with Crippen molar-refractivity contribution in [2.24, 2.45) is 5.92 Å². The lowest BCUT2D eigenvalue weighted by atomic mass is 9.93. The highest BCUT2D eigenvalue weighted by Crippen LogP contribution is 2.39. The molecule has 0 amide bonds. The highest BCUT2D eigenvalue weighted by molar-refractivity contribution is 4.91. The monoisotopic (exact) mass is 242 g/mol. The Morgan fingerprint density at radius 2 is 2.06 bits per heavy atom. The van der Waals surface area contributed by atoms with Gasteiger partial charge in [-0.05, 0) is 20.3 Å². The van der Waals surface area contributed by atoms with E-state index in [9.17, 15) is 0 Å². The van der Waals surface area contributed by atoms with Gasteiger partial charge in [0.2, 0.25) is 0 Å². The minimum atomic E-state index is -0.549. The Balaban J connectivity index is 2.07. The summed E-state index contributed by atoms with van der Waals surface area (Å²) in [5, 5.41) is 0. The highest BCUT2D eigenvalue weighted by Gasteiger charge is 2.51. The quantitative estimate of drug-likeness (QED) is 0.707. The van der Waals surface area contributed by atoms with E-state index >= 15 is 0 Å². The second-order valence-electron chi connectivity index (χ2n) is 5.06. The van der Waals surface area contributed by atoms with Crippen LogP contribution in [0, 0.1) is 5.92 Å². The molecule has 2 rings (SSSR count). The average molecular weight is 242 g/mol. The molecule has 0 aromatic carbocycles. The molecule has 2 aliphatic rings. The van der Waals surface area contributed by atoms with E-state index in [1.165, 1.54) is 0 Å². The van der Waals surface area contributed by atoms with E-state index in [2.05, 4.69) is 13.5 Å². The van der Waals surface area contributed by atoms with Gasteiger partial charge in [0.05, 0.1) is 19.3 Å². The molecular formula is C13H22O4. The molecule has 0 aliphatic carbocycles. The summed E-state index contributed by atoms with van der Waals surface area (Å²) in [6, 6.07) is 0. The van der Waals surface area contributed by atoms with Crippen molar-refractivity contribution < 1.29 is 18.9 Å². The van der Waals surface area contributed by atoms with Crippen LogP contribution in [0.15, 0.2) is 12.7 Å². The molecule has 4 heteroatoms. The molecular weight excluding hydrogens is 220 g/mol. The Bertz CT molecular complexity index is 277. The number of rotatable bonds is 4. The van der Waals surface area contributed by atoms with Gasteiger partial charge in [-0.3, -0.25) is 0 Å². The van der Waals surface area contributed by atoms with Crippen molar-refractivity contribution in [2.45, 2.75) is 51.5 Å². The van der Waals surface area contributed by atoms with E-state index in [4.69, 9.17) is 18.9 Å². The minimum Gasteiger partial charge on any atom is -0.349 e. The summed E-state index contributed by atoms with van der Waals surface area (Å²) in [4.78, 5) is 0. The molecule has 0 spiro atoms. The largest absolute Gasteiger partial charge is 0.349 e. The molecule has 2 saturated heterocycles. The maximum Gasteiger partial charge on any atom is 0.186 e. The van der Waals surface area contributed by atoms with Crippen LogP contribution in [-0.2, 0) is 18.9 Å². The van der Waals surface area contributed by atoms with Gasteiger partial charge in [0.1, 0.15) is 6.10 Å². The third-order valence-electron chi connectivity index (χ3n) is 3.27. The molecule has 0 saturated carbocycles. The van der Waals surface area contributed by atoms with Gasteiger partial charge in [-0.25, -0.2) is 0 Å². The van der Waals surface area contributed by atoms with E-state index in [-0.39, 0.29) is 18.5 Å². The molecule has 0 aromatic heterocycles. The maximum absolute atomic E-state index is 5.96. The Labute approximate surface area is 103 Å². The number of ether oxygens (including phenoxy) is 4. The summed E-state index contributed by atoms with van der Waals surface area (Å²) in [5.41, 5.74) is 0. The molecule has 0 aromatic rings. The van der Waals surface area contributed by atoms with Gasteiger partial charge < -0.3 is 18.9 Å². The van der Waals surface area contributed by atoms with Crippen molar-refractivity contribution in [3.05, 3.63) is 12.7 Å². The van der Waals surface area contributed by atoms with Gasteiger partial charge in [0, 0.05) is 5.92 Å². The number of hydrogen-bond acceptors (Lipinski definition) is 4. The lowest BCUT2D eigenvalue weighted by Crippen LogP contribution is -2.49. The van der Waals surface area contributed by atoms with Crippen LogP contribution in [0.1, 0.15) is 27.2 Å². The third kappa shape index (κ3) is 2.71. The summed E-state index contributed by atoms with van der Waals surface area (Å²) in [5.74, 6) is -0.169. The summed E-state index contributed by atoms with van der Waals surface area (Å²) >= 11 is 0. The first-order valence-corrected chi connectivity index (χ1v) is 6.27. The van der Waals surface area contributed by atoms with Crippen LogP contribution in [0.2, 0.25) is 0 Å². The normalized spacial score (nSPS) is 39.9. The smallest absolute Gasteiger partial charge is 0.186 e. The Morgan fingerprint density at radius 3 is 2.71 bits per heavy atom. The maximum atomic E-state index is 5.96. The zero-order valence-corrected chi connectivity index (χ0v) is 10.8. The SMILES string of the molecule is C=CCOC1OCC(CC)C2OC(C)(C)OC12. The van der Waals surface area contributed by atoms with Gasteiger partial charge >= 0.3 is 0 Å². The van der Waals surface area contributed by atoms with Crippen molar-refractivity contribution in [2.75, 3.05) is 13.2 Å². The van der Waals surface area contributed by atoms with E-state index in [1.54, 1.807) is 6.08 Å². The number of hydrogen-bond donors (Lipinski definition) is 0. The molecule has 0 N–H and O–H groups in total. The van der Waals surface area contributed by atoms with Crippen LogP contribution in [0.3, 0.4) is 0 Å². The molecule has 0 radical (unpaired) electrons. The molecule has 4 nitrogen and oxygen atoms in total. The van der Waals surface area contributed by atoms with Crippen molar-refractivity contribution >= 4 is 0 Å². The summed E-state index contributed by atoms with van der Waals surface area (Å²) in [6.07, 6.45) is 2.32. The third-order valence-corrected chi connectivity index (χ3v) is 3.27. The molecule has 17 heavy (non-hydrogen) atoms. The zero-order chi connectivity index (χ0) is 12.5. The van der Waals surface area contributed by atoms with Crippen LogP contribution < -0.4 is 0 Å². The second-order valence-corrected chi connectivity index (χ2v) is 5.06. The predicted molar refractivity (Wildman–Crippen MR) is 63.5 cm³/mol. The van der Waals surface area contributed by atoms with Crippen molar-refractivity contribution in [1.29, 1.82) is 0 Å². The Hall–Kier alpha value is -0.420. The van der Waals surface area contributed by atoms with Gasteiger partial charge in [-0.15, -0.1) is 6.58 Å². The standard InChI is InChI=1S/C13H22O4/c1-5-7-14-12-11-10(9(6-2)8-15-12)16-13(3,4)17-11/h5,9-12H,1,6-8H2,2-4H3. The lowest BCUT2D eigenvalue weighted by Gasteiger charge is -2.36. The van der Waals surface area contributed by atoms with Crippen molar-refractivity contribution in [1.82, 2.24) is 0 Å². The van der Waals surface area contributed by atoms with Gasteiger partial charge in [-0.1, -0.05) is 13.0 Å². The van der Waals surface area contributed by atoms with Crippen LogP contribution in [0.25, 0.3) is 0 Å². The van der Waals surface area contributed by atoms with Crippen LogP contribution >= 0.6 is 0 Å². The first kappa shape index (κ1) is 13.0. The molecule has 4 atom stereocenters. The van der Waals surface area contributed by atoms with E-state index in [0.717, 1.165) is 6.42 Å². The van der Waals surface area contributed by atoms with Crippen molar-refractivity contribution in [3.8, 4) is 0 Å². The molecule has 4 unspecified atom stereocenters. The topological polar surface area (TPSA) is 36.9 Å². The molecule has 2 fully saturated rings. The van der Waals surface area contributed by atoms with Crippen LogP contribution in [0.4, 0.5) is 0 Å². The molecule has 0 bridgehead atoms. The van der Waals surface area contributed by atoms with E-state index in [1.807, 2.05) is 13.8 Å². The van der Waals surface area contributed by atoms with E-state index in [0.29, 0.717) is 19.1 Å². The fourth-order valence-electron chi connectivity index (χ4n) is 2.46. The Kier molecular flexibility index (Phi) is 3.88. The second kappa shape index (κ2) is 5.06. The van der Waals surface area contributed by atoms with Gasteiger partial charge in [0.25, 0.3) is 0 Å². The van der Waals surface area contributed by atoms with Crippen molar-refractivity contribution in [3.63, 3.8) is 0 Å². The summed E-state index contributed by atoms with van der Waals surface area (Å²) < 4.78 is 23.1. The zero-order valence-electron chi connectivity index (χ0n) is 10.8. The lowest BCUT2D eigenvalue weighted by molar-refractivity contribution is -0.235. The van der Waals surface area contributed by atoms with Gasteiger partial charge in [-0.2, -0.15) is 0 Å².